The lowest BCUT2D eigenvalue weighted by Gasteiger charge is -2.31. The number of nitrogens with two attached hydrogens (primary N) is 1. The van der Waals surface area contributed by atoms with Crippen molar-refractivity contribution in [3.05, 3.63) is 56.6 Å². The fraction of sp³-hybridized carbons (Fsp3) is 0.444. The standard InChI is InChI=1S/C36H42FN7O10/c1-6-18-19-10-25(41-28(46)13-39-31(47)17(5)40-32(48)29(16(3)4)43-27(45)8-9-53-35(38)51)23(37)12-24(19)42-30-20(18)14-44-26(30)11-22-21(33(44)49)15-54-34(50)36(22,52)7-2/h10-12,16-17,29,52H,6-9,13-15H2,1-5H3,(H2,38,51)(H,39,47)(H,40,48)(H,41,46)(H,43,45)/t17-,29-,36-/m0/s1. The number of amides is 5. The largest absolute Gasteiger partial charge is 0.458 e. The van der Waals surface area contributed by atoms with Crippen LogP contribution in [-0.4, -0.2) is 75.6 Å². The fourth-order valence-electron chi connectivity index (χ4n) is 6.59. The monoisotopic (exact) mass is 751 g/mol. The molecule has 0 fully saturated rings. The maximum absolute atomic E-state index is 15.5. The van der Waals surface area contributed by atoms with E-state index in [2.05, 4.69) is 31.0 Å². The highest BCUT2D eigenvalue weighted by molar-refractivity contribution is 5.99. The van der Waals surface area contributed by atoms with Gasteiger partial charge in [-0.2, -0.15) is 0 Å². The summed E-state index contributed by atoms with van der Waals surface area (Å²) in [5, 5.41) is 21.5. The molecule has 0 aliphatic carbocycles. The van der Waals surface area contributed by atoms with Gasteiger partial charge in [-0.25, -0.2) is 19.0 Å². The van der Waals surface area contributed by atoms with Crippen LogP contribution in [0.25, 0.3) is 22.3 Å². The zero-order chi connectivity index (χ0) is 39.6. The van der Waals surface area contributed by atoms with Crippen LogP contribution in [0.2, 0.25) is 0 Å². The third kappa shape index (κ3) is 7.59. The van der Waals surface area contributed by atoms with Gasteiger partial charge in [0, 0.05) is 22.6 Å². The lowest BCUT2D eigenvalue weighted by atomic mass is 9.86. The van der Waals surface area contributed by atoms with Gasteiger partial charge in [-0.15, -0.1) is 0 Å². The summed E-state index contributed by atoms with van der Waals surface area (Å²) < 4.78 is 26.6. The van der Waals surface area contributed by atoms with Crippen molar-refractivity contribution >= 4 is 52.3 Å². The number of aliphatic hydroxyl groups is 1. The summed E-state index contributed by atoms with van der Waals surface area (Å²) in [4.78, 5) is 92.2. The van der Waals surface area contributed by atoms with Gasteiger partial charge >= 0.3 is 12.1 Å². The normalized spacial score (nSPS) is 16.7. The van der Waals surface area contributed by atoms with Crippen molar-refractivity contribution in [2.75, 3.05) is 18.5 Å². The smallest absolute Gasteiger partial charge is 0.404 e. The number of benzene rings is 1. The number of hydrogen-bond donors (Lipinski definition) is 6. The van der Waals surface area contributed by atoms with E-state index in [0.29, 0.717) is 28.8 Å². The van der Waals surface area contributed by atoms with Crippen molar-refractivity contribution in [2.45, 2.75) is 84.7 Å². The quantitative estimate of drug-likeness (QED) is 0.105. The van der Waals surface area contributed by atoms with Gasteiger partial charge in [-0.1, -0.05) is 27.7 Å². The number of primary amides is 1. The Hall–Kier alpha value is -5.91. The number of aromatic nitrogens is 2. The number of rotatable bonds is 13. The molecule has 0 bridgehead atoms. The number of aryl methyl sites for hydroxylation is 1. The molecule has 18 heteroatoms. The molecule has 3 aromatic rings. The molecule has 2 aliphatic heterocycles. The topological polar surface area (TPSA) is 250 Å². The molecule has 54 heavy (non-hydrogen) atoms. The van der Waals surface area contributed by atoms with Crippen LogP contribution in [0.5, 0.6) is 0 Å². The number of ether oxygens (including phenoxy) is 2. The van der Waals surface area contributed by atoms with Gasteiger partial charge in [-0.3, -0.25) is 24.0 Å². The Morgan fingerprint density at radius 1 is 1.06 bits per heavy atom. The van der Waals surface area contributed by atoms with Crippen molar-refractivity contribution in [3.63, 3.8) is 0 Å². The fourth-order valence-corrected chi connectivity index (χ4v) is 6.59. The summed E-state index contributed by atoms with van der Waals surface area (Å²) in [6.07, 6.45) is -0.839. The summed E-state index contributed by atoms with van der Waals surface area (Å²) >= 11 is 0. The first kappa shape index (κ1) is 39.3. The second-order valence-corrected chi connectivity index (χ2v) is 13.4. The number of carbonyl (C=O) groups is 6. The van der Waals surface area contributed by atoms with Crippen LogP contribution in [0, 0.1) is 11.7 Å². The van der Waals surface area contributed by atoms with Gasteiger partial charge in [0.05, 0.1) is 47.7 Å². The van der Waals surface area contributed by atoms with Crippen LogP contribution >= 0.6 is 0 Å². The zero-order valence-electron chi connectivity index (χ0n) is 30.4. The average Bonchev–Trinajstić information content (AvgIpc) is 3.48. The summed E-state index contributed by atoms with van der Waals surface area (Å²) in [5.41, 5.74) is 5.08. The molecule has 0 unspecified atom stereocenters. The minimum absolute atomic E-state index is 0.0159. The van der Waals surface area contributed by atoms with Crippen LogP contribution in [0.3, 0.4) is 0 Å². The number of nitrogens with zero attached hydrogens (tertiary/aromatic N) is 2. The number of nitrogens with one attached hydrogen (secondary N) is 4. The van der Waals surface area contributed by atoms with E-state index < -0.39 is 71.3 Å². The van der Waals surface area contributed by atoms with Crippen molar-refractivity contribution < 1.29 is 47.7 Å². The van der Waals surface area contributed by atoms with Gasteiger partial charge in [0.15, 0.2) is 5.60 Å². The Labute approximate surface area is 308 Å². The molecule has 5 rings (SSSR count). The van der Waals surface area contributed by atoms with E-state index in [9.17, 15) is 38.7 Å². The van der Waals surface area contributed by atoms with Gasteiger partial charge in [0.2, 0.25) is 23.6 Å². The first-order valence-corrected chi connectivity index (χ1v) is 17.4. The molecule has 0 spiro atoms. The molecule has 288 valence electrons. The van der Waals surface area contributed by atoms with E-state index in [1.807, 2.05) is 6.92 Å². The lowest BCUT2D eigenvalue weighted by molar-refractivity contribution is -0.172. The molecule has 17 nitrogen and oxygen atoms in total. The highest BCUT2D eigenvalue weighted by atomic mass is 19.1. The minimum atomic E-state index is -2.00. The van der Waals surface area contributed by atoms with Crippen molar-refractivity contribution in [1.29, 1.82) is 0 Å². The van der Waals surface area contributed by atoms with Crippen LogP contribution in [-0.2, 0) is 58.6 Å². The summed E-state index contributed by atoms with van der Waals surface area (Å²) in [7, 11) is 0. The molecule has 0 saturated heterocycles. The summed E-state index contributed by atoms with van der Waals surface area (Å²) in [6.45, 7) is 7.24. The highest BCUT2D eigenvalue weighted by Gasteiger charge is 2.45. The summed E-state index contributed by atoms with van der Waals surface area (Å²) in [5.74, 6) is -4.76. The third-order valence-corrected chi connectivity index (χ3v) is 9.54. The predicted octanol–water partition coefficient (Wildman–Crippen LogP) is 0.967. The van der Waals surface area contributed by atoms with E-state index in [4.69, 9.17) is 10.5 Å². The molecule has 2 aromatic heterocycles. The van der Waals surface area contributed by atoms with Gasteiger partial charge in [0.25, 0.3) is 5.56 Å². The van der Waals surface area contributed by atoms with Gasteiger partial charge < -0.3 is 46.1 Å². The summed E-state index contributed by atoms with van der Waals surface area (Å²) in [6, 6.07) is 2.01. The van der Waals surface area contributed by atoms with Crippen LogP contribution < -0.4 is 32.6 Å². The lowest BCUT2D eigenvalue weighted by Crippen LogP contribution is -2.55. The molecule has 3 atom stereocenters. The molecule has 4 heterocycles. The second-order valence-electron chi connectivity index (χ2n) is 13.4. The molecular formula is C36H42FN7O10. The molecule has 1 aromatic carbocycles. The number of carbonyl (C=O) groups excluding carboxylic acids is 6. The molecule has 5 amide bonds. The van der Waals surface area contributed by atoms with E-state index in [0.717, 1.165) is 11.6 Å². The maximum atomic E-state index is 15.5. The van der Waals surface area contributed by atoms with E-state index in [-0.39, 0.29) is 60.8 Å². The number of cyclic esters (lactones) is 1. The first-order valence-electron chi connectivity index (χ1n) is 17.4. The Kier molecular flexibility index (Phi) is 11.3. The number of hydrogen-bond acceptors (Lipinski definition) is 11. The molecule has 0 radical (unpaired) electrons. The van der Waals surface area contributed by atoms with Crippen molar-refractivity contribution in [3.8, 4) is 11.4 Å². The van der Waals surface area contributed by atoms with Crippen LogP contribution in [0.15, 0.2) is 23.0 Å². The molecule has 0 saturated carbocycles. The Morgan fingerprint density at radius 2 is 1.78 bits per heavy atom. The number of fused-ring (bicyclic) bond motifs is 5. The minimum Gasteiger partial charge on any atom is -0.458 e. The van der Waals surface area contributed by atoms with Gasteiger partial charge in [0.1, 0.15) is 31.1 Å². The Balaban J connectivity index is 1.28. The van der Waals surface area contributed by atoms with Crippen LogP contribution in [0.1, 0.15) is 69.7 Å². The first-order chi connectivity index (χ1) is 25.5. The SMILES string of the molecule is CCc1c2c(nc3cc(F)c(NC(=O)CNC(=O)[C@H](C)NC(=O)[C@@H](NC(=O)CCOC(N)=O)C(C)C)cc13)-c1cc3c(c(=O)n1C2)COC(=O)[C@]3(O)CC. The molecular weight excluding hydrogens is 709 g/mol. The number of anilines is 1. The number of pyridine rings is 2. The zero-order valence-corrected chi connectivity index (χ0v) is 30.4. The Bertz CT molecular complexity index is 2130. The van der Waals surface area contributed by atoms with Crippen molar-refractivity contribution in [1.82, 2.24) is 25.5 Å². The molecule has 2 aliphatic rings. The maximum Gasteiger partial charge on any atom is 0.404 e. The highest BCUT2D eigenvalue weighted by Crippen LogP contribution is 2.41. The van der Waals surface area contributed by atoms with E-state index >= 15 is 4.39 Å². The van der Waals surface area contributed by atoms with E-state index in [1.165, 1.54) is 17.6 Å². The van der Waals surface area contributed by atoms with Gasteiger partial charge in [-0.05, 0) is 43.4 Å². The second kappa shape index (κ2) is 15.6. The number of halogens is 1. The number of esters is 1. The van der Waals surface area contributed by atoms with E-state index in [1.54, 1.807) is 26.8 Å². The van der Waals surface area contributed by atoms with Crippen molar-refractivity contribution in [2.24, 2.45) is 11.7 Å². The molecule has 7 N–H and O–H groups in total. The van der Waals surface area contributed by atoms with Crippen LogP contribution in [0.4, 0.5) is 14.9 Å². The predicted molar refractivity (Wildman–Crippen MR) is 190 cm³/mol. The average molecular weight is 752 g/mol. The Morgan fingerprint density at radius 3 is 2.43 bits per heavy atom. The third-order valence-electron chi connectivity index (χ3n) is 9.54.